The highest BCUT2D eigenvalue weighted by Gasteiger charge is 2.18. The minimum absolute atomic E-state index is 0.0580. The fraction of sp³-hybridized carbons (Fsp3) is 0.118. The Morgan fingerprint density at radius 1 is 1.17 bits per heavy atom. The topological polar surface area (TPSA) is 81.7 Å². The summed E-state index contributed by atoms with van der Waals surface area (Å²) in [6.45, 7) is -0.476. The van der Waals surface area contributed by atoms with Crippen molar-refractivity contribution in [3.05, 3.63) is 58.6 Å². The van der Waals surface area contributed by atoms with Gasteiger partial charge in [0.25, 0.3) is 5.91 Å². The SMILES string of the molecule is O=C1COc2ccc(C(=O)COC(=O)c3cccc(Cl)c3)cc2N1. The summed E-state index contributed by atoms with van der Waals surface area (Å²) in [5.41, 5.74) is 0.984. The van der Waals surface area contributed by atoms with E-state index in [-0.39, 0.29) is 18.1 Å². The third kappa shape index (κ3) is 3.55. The molecule has 0 atom stereocenters. The molecule has 122 valence electrons. The lowest BCUT2D eigenvalue weighted by Gasteiger charge is -2.18. The van der Waals surface area contributed by atoms with Crippen molar-refractivity contribution in [3.63, 3.8) is 0 Å². The van der Waals surface area contributed by atoms with E-state index in [1.807, 2.05) is 0 Å². The Morgan fingerprint density at radius 3 is 2.79 bits per heavy atom. The lowest BCUT2D eigenvalue weighted by Crippen LogP contribution is -2.25. The van der Waals surface area contributed by atoms with Crippen LogP contribution in [0.1, 0.15) is 20.7 Å². The molecule has 0 bridgehead atoms. The van der Waals surface area contributed by atoms with Gasteiger partial charge in [0.2, 0.25) is 0 Å². The number of carbonyl (C=O) groups is 3. The van der Waals surface area contributed by atoms with E-state index in [2.05, 4.69) is 5.32 Å². The third-order valence-electron chi connectivity index (χ3n) is 3.33. The van der Waals surface area contributed by atoms with E-state index in [1.54, 1.807) is 30.3 Å². The van der Waals surface area contributed by atoms with Crippen molar-refractivity contribution in [2.24, 2.45) is 0 Å². The summed E-state index contributed by atoms with van der Waals surface area (Å²) in [5.74, 6) is -0.838. The smallest absolute Gasteiger partial charge is 0.338 e. The molecule has 0 fully saturated rings. The zero-order valence-corrected chi connectivity index (χ0v) is 13.1. The lowest BCUT2D eigenvalue weighted by atomic mass is 10.1. The summed E-state index contributed by atoms with van der Waals surface area (Å²) in [4.78, 5) is 35.4. The average molecular weight is 346 g/mol. The van der Waals surface area contributed by atoms with Crippen LogP contribution in [-0.4, -0.2) is 30.9 Å². The van der Waals surface area contributed by atoms with Crippen molar-refractivity contribution in [2.75, 3.05) is 18.5 Å². The molecule has 3 rings (SSSR count). The number of fused-ring (bicyclic) bond motifs is 1. The number of benzene rings is 2. The molecule has 1 N–H and O–H groups in total. The summed E-state index contributed by atoms with van der Waals surface area (Å²) in [7, 11) is 0. The molecule has 0 radical (unpaired) electrons. The Morgan fingerprint density at radius 2 is 2.00 bits per heavy atom. The van der Waals surface area contributed by atoms with Gasteiger partial charge in [-0.15, -0.1) is 0 Å². The number of amides is 1. The van der Waals surface area contributed by atoms with Gasteiger partial charge in [0.1, 0.15) is 5.75 Å². The van der Waals surface area contributed by atoms with Crippen LogP contribution in [0.25, 0.3) is 0 Å². The Kier molecular flexibility index (Phi) is 4.48. The third-order valence-corrected chi connectivity index (χ3v) is 3.56. The summed E-state index contributed by atoms with van der Waals surface area (Å²) in [5, 5.41) is 3.02. The number of ketones is 1. The molecule has 7 heteroatoms. The van der Waals surface area contributed by atoms with Crippen molar-refractivity contribution in [1.82, 2.24) is 0 Å². The van der Waals surface area contributed by atoms with E-state index in [1.165, 1.54) is 12.1 Å². The van der Waals surface area contributed by atoms with Gasteiger partial charge in [-0.25, -0.2) is 4.79 Å². The number of ether oxygens (including phenoxy) is 2. The standard InChI is InChI=1S/C17H12ClNO5/c18-12-3-1-2-11(6-12)17(22)24-8-14(20)10-4-5-15-13(7-10)19-16(21)9-23-15/h1-7H,8-9H2,(H,19,21). The maximum Gasteiger partial charge on any atom is 0.338 e. The van der Waals surface area contributed by atoms with Crippen LogP contribution in [-0.2, 0) is 9.53 Å². The minimum Gasteiger partial charge on any atom is -0.482 e. The Balaban J connectivity index is 1.66. The number of esters is 1. The maximum atomic E-state index is 12.2. The summed E-state index contributed by atoms with van der Waals surface area (Å²) < 4.78 is 10.2. The van der Waals surface area contributed by atoms with Gasteiger partial charge in [0.05, 0.1) is 11.3 Å². The van der Waals surface area contributed by atoms with Crippen LogP contribution in [0, 0.1) is 0 Å². The summed E-state index contributed by atoms with van der Waals surface area (Å²) >= 11 is 5.81. The minimum atomic E-state index is -0.638. The first-order valence-electron chi connectivity index (χ1n) is 7.05. The number of carbonyl (C=O) groups excluding carboxylic acids is 3. The fourth-order valence-corrected chi connectivity index (χ4v) is 2.36. The number of hydrogen-bond acceptors (Lipinski definition) is 5. The molecule has 0 aromatic heterocycles. The predicted molar refractivity (Wildman–Crippen MR) is 86.6 cm³/mol. The van der Waals surface area contributed by atoms with Crippen LogP contribution in [0.4, 0.5) is 5.69 Å². The predicted octanol–water partition coefficient (Wildman–Crippen LogP) is 2.71. The Hall–Kier alpha value is -2.86. The van der Waals surface area contributed by atoms with Gasteiger partial charge >= 0.3 is 5.97 Å². The molecule has 0 unspecified atom stereocenters. The first-order valence-corrected chi connectivity index (χ1v) is 7.43. The van der Waals surface area contributed by atoms with E-state index in [4.69, 9.17) is 21.1 Å². The summed E-state index contributed by atoms with van der Waals surface area (Å²) in [6, 6.07) is 10.9. The monoisotopic (exact) mass is 345 g/mol. The van der Waals surface area contributed by atoms with Crippen molar-refractivity contribution in [3.8, 4) is 5.75 Å². The molecule has 1 aliphatic rings. The number of Topliss-reactive ketones (excluding diaryl/α,β-unsaturated/α-hetero) is 1. The molecule has 0 spiro atoms. The number of anilines is 1. The number of halogens is 1. The molecule has 1 heterocycles. The molecule has 1 amide bonds. The van der Waals surface area contributed by atoms with E-state index in [9.17, 15) is 14.4 Å². The first kappa shape index (κ1) is 16.0. The van der Waals surface area contributed by atoms with Crippen molar-refractivity contribution >= 4 is 34.9 Å². The van der Waals surface area contributed by atoms with Crippen LogP contribution in [0.5, 0.6) is 5.75 Å². The molecule has 6 nitrogen and oxygen atoms in total. The van der Waals surface area contributed by atoms with Gasteiger partial charge in [-0.05, 0) is 36.4 Å². The first-order chi connectivity index (χ1) is 11.5. The second-order valence-electron chi connectivity index (χ2n) is 5.06. The molecule has 2 aromatic rings. The molecule has 0 aliphatic carbocycles. The van der Waals surface area contributed by atoms with Crippen LogP contribution >= 0.6 is 11.6 Å². The van der Waals surface area contributed by atoms with Crippen LogP contribution in [0.15, 0.2) is 42.5 Å². The Labute approximate surface area is 142 Å². The quantitative estimate of drug-likeness (QED) is 0.680. The van der Waals surface area contributed by atoms with Gasteiger partial charge in [-0.3, -0.25) is 9.59 Å². The van der Waals surface area contributed by atoms with E-state index < -0.39 is 18.4 Å². The summed E-state index contributed by atoms with van der Waals surface area (Å²) in [6.07, 6.45) is 0. The lowest BCUT2D eigenvalue weighted by molar-refractivity contribution is -0.118. The van der Waals surface area contributed by atoms with E-state index in [0.717, 1.165) is 0 Å². The number of hydrogen-bond donors (Lipinski definition) is 1. The van der Waals surface area contributed by atoms with Gasteiger partial charge < -0.3 is 14.8 Å². The van der Waals surface area contributed by atoms with Gasteiger partial charge in [0.15, 0.2) is 19.0 Å². The highest BCUT2D eigenvalue weighted by Crippen LogP contribution is 2.28. The van der Waals surface area contributed by atoms with Crippen molar-refractivity contribution < 1.29 is 23.9 Å². The zero-order chi connectivity index (χ0) is 17.1. The van der Waals surface area contributed by atoms with Gasteiger partial charge in [-0.2, -0.15) is 0 Å². The Bertz CT molecular complexity index is 833. The van der Waals surface area contributed by atoms with E-state index >= 15 is 0 Å². The van der Waals surface area contributed by atoms with Gasteiger partial charge in [0, 0.05) is 10.6 Å². The zero-order valence-electron chi connectivity index (χ0n) is 12.4. The average Bonchev–Trinajstić information content (AvgIpc) is 2.58. The molecule has 0 saturated heterocycles. The molecule has 2 aromatic carbocycles. The van der Waals surface area contributed by atoms with Crippen molar-refractivity contribution in [1.29, 1.82) is 0 Å². The molecular formula is C17H12ClNO5. The largest absolute Gasteiger partial charge is 0.482 e. The molecule has 24 heavy (non-hydrogen) atoms. The number of nitrogens with one attached hydrogen (secondary N) is 1. The molecular weight excluding hydrogens is 334 g/mol. The van der Waals surface area contributed by atoms with Crippen molar-refractivity contribution in [2.45, 2.75) is 0 Å². The van der Waals surface area contributed by atoms with Crippen LogP contribution in [0.2, 0.25) is 5.02 Å². The molecule has 0 saturated carbocycles. The molecule has 1 aliphatic heterocycles. The second kappa shape index (κ2) is 6.72. The maximum absolute atomic E-state index is 12.2. The fourth-order valence-electron chi connectivity index (χ4n) is 2.17. The normalized spacial score (nSPS) is 12.6. The van der Waals surface area contributed by atoms with E-state index in [0.29, 0.717) is 22.0 Å². The van der Waals surface area contributed by atoms with Crippen LogP contribution in [0.3, 0.4) is 0 Å². The van der Waals surface area contributed by atoms with Gasteiger partial charge in [-0.1, -0.05) is 17.7 Å². The highest BCUT2D eigenvalue weighted by molar-refractivity contribution is 6.30. The second-order valence-corrected chi connectivity index (χ2v) is 5.49. The highest BCUT2D eigenvalue weighted by atomic mass is 35.5. The number of rotatable bonds is 4. The van der Waals surface area contributed by atoms with Crippen LogP contribution < -0.4 is 10.1 Å².